The number of likely N-dealkylation sites (N-methyl/N-ethyl adjacent to an activating group) is 1. The number of anilines is 2. The van der Waals surface area contributed by atoms with E-state index in [0.717, 1.165) is 0 Å². The number of aliphatic hydroxyl groups is 1. The van der Waals surface area contributed by atoms with Crippen LogP contribution in [0.5, 0.6) is 0 Å². The molecular formula is C13H24N4O3S. The molecule has 0 bridgehead atoms. The van der Waals surface area contributed by atoms with Gasteiger partial charge in [-0.1, -0.05) is 0 Å². The third kappa shape index (κ3) is 5.16. The summed E-state index contributed by atoms with van der Waals surface area (Å²) in [5.74, 6) is 0. The molecule has 0 aromatic heterocycles. The monoisotopic (exact) mass is 316 g/mol. The summed E-state index contributed by atoms with van der Waals surface area (Å²) in [6.07, 6.45) is 0. The van der Waals surface area contributed by atoms with E-state index in [1.165, 1.54) is 19.2 Å². The first-order valence-corrected chi connectivity index (χ1v) is 8.00. The Kier molecular flexibility index (Phi) is 5.57. The van der Waals surface area contributed by atoms with Crippen LogP contribution < -0.4 is 15.8 Å². The lowest BCUT2D eigenvalue weighted by Gasteiger charge is -2.27. The molecule has 1 aromatic carbocycles. The molecule has 1 aromatic rings. The number of nitrogen functional groups attached to an aromatic ring is 1. The standard InChI is InChI=1S/C13H24N4O3S/c1-13(18,9-17(3)4)8-16-12-6-5-10(7-11(12)14)21(19,20)15-2/h5-7,15-16,18H,8-9,14H2,1-4H3. The molecule has 0 heterocycles. The van der Waals surface area contributed by atoms with Crippen LogP contribution in [0.4, 0.5) is 11.4 Å². The van der Waals surface area contributed by atoms with Crippen LogP contribution in [0.25, 0.3) is 0 Å². The van der Waals surface area contributed by atoms with Gasteiger partial charge in [-0.2, -0.15) is 0 Å². The summed E-state index contributed by atoms with van der Waals surface area (Å²) in [4.78, 5) is 1.99. The van der Waals surface area contributed by atoms with Crippen LogP contribution in [-0.4, -0.2) is 58.3 Å². The fraction of sp³-hybridized carbons (Fsp3) is 0.538. The first kappa shape index (κ1) is 17.7. The first-order chi connectivity index (χ1) is 9.57. The molecule has 0 fully saturated rings. The van der Waals surface area contributed by atoms with E-state index in [1.807, 2.05) is 19.0 Å². The second-order valence-corrected chi connectivity index (χ2v) is 7.43. The molecule has 0 radical (unpaired) electrons. The van der Waals surface area contributed by atoms with Crippen molar-refractivity contribution < 1.29 is 13.5 Å². The zero-order chi connectivity index (χ0) is 16.3. The Bertz CT molecular complexity index is 585. The smallest absolute Gasteiger partial charge is 0.240 e. The molecule has 1 rings (SSSR count). The average Bonchev–Trinajstić information content (AvgIpc) is 2.35. The van der Waals surface area contributed by atoms with Crippen molar-refractivity contribution in [3.8, 4) is 0 Å². The number of nitrogens with one attached hydrogen (secondary N) is 2. The van der Waals surface area contributed by atoms with Gasteiger partial charge in [0, 0.05) is 13.1 Å². The molecule has 8 heteroatoms. The summed E-state index contributed by atoms with van der Waals surface area (Å²) in [5, 5.41) is 13.2. The van der Waals surface area contributed by atoms with Gasteiger partial charge in [-0.3, -0.25) is 0 Å². The number of hydrogen-bond acceptors (Lipinski definition) is 6. The highest BCUT2D eigenvalue weighted by Gasteiger charge is 2.21. The lowest BCUT2D eigenvalue weighted by atomic mass is 10.1. The molecule has 1 atom stereocenters. The highest BCUT2D eigenvalue weighted by Crippen LogP contribution is 2.23. The second-order valence-electron chi connectivity index (χ2n) is 5.54. The maximum Gasteiger partial charge on any atom is 0.240 e. The molecular weight excluding hydrogens is 292 g/mol. The largest absolute Gasteiger partial charge is 0.397 e. The topological polar surface area (TPSA) is 108 Å². The number of nitrogens with two attached hydrogens (primary N) is 1. The summed E-state index contributed by atoms with van der Waals surface area (Å²) in [6.45, 7) is 2.51. The van der Waals surface area contributed by atoms with Crippen molar-refractivity contribution in [1.82, 2.24) is 9.62 Å². The van der Waals surface area contributed by atoms with Gasteiger partial charge in [0.05, 0.1) is 21.9 Å². The van der Waals surface area contributed by atoms with E-state index >= 15 is 0 Å². The van der Waals surface area contributed by atoms with Gasteiger partial charge >= 0.3 is 0 Å². The Labute approximate surface area is 126 Å². The number of nitrogens with zero attached hydrogens (tertiary/aromatic N) is 1. The van der Waals surface area contributed by atoms with Gasteiger partial charge in [-0.15, -0.1) is 0 Å². The van der Waals surface area contributed by atoms with Gasteiger partial charge in [0.15, 0.2) is 0 Å². The summed E-state index contributed by atoms with van der Waals surface area (Å²) in [5.41, 5.74) is 5.83. The van der Waals surface area contributed by atoms with Crippen molar-refractivity contribution in [3.63, 3.8) is 0 Å². The fourth-order valence-corrected chi connectivity index (χ4v) is 2.77. The zero-order valence-electron chi connectivity index (χ0n) is 12.8. The van der Waals surface area contributed by atoms with Gasteiger partial charge in [0.25, 0.3) is 0 Å². The second kappa shape index (κ2) is 6.61. The van der Waals surface area contributed by atoms with E-state index in [9.17, 15) is 13.5 Å². The van der Waals surface area contributed by atoms with Crippen molar-refractivity contribution in [3.05, 3.63) is 18.2 Å². The minimum absolute atomic E-state index is 0.105. The van der Waals surface area contributed by atoms with Crippen LogP contribution in [0, 0.1) is 0 Å². The summed E-state index contributed by atoms with van der Waals surface area (Å²) in [7, 11) is 1.58. The van der Waals surface area contributed by atoms with Gasteiger partial charge in [0.1, 0.15) is 0 Å². The Balaban J connectivity index is 2.83. The van der Waals surface area contributed by atoms with E-state index in [4.69, 9.17) is 5.73 Å². The average molecular weight is 316 g/mol. The maximum atomic E-state index is 11.7. The minimum atomic E-state index is -3.51. The zero-order valence-corrected chi connectivity index (χ0v) is 13.7. The normalized spacial score (nSPS) is 15.0. The van der Waals surface area contributed by atoms with E-state index in [2.05, 4.69) is 10.0 Å². The molecule has 21 heavy (non-hydrogen) atoms. The van der Waals surface area contributed by atoms with Crippen molar-refractivity contribution in [1.29, 1.82) is 0 Å². The van der Waals surface area contributed by atoms with Crippen molar-refractivity contribution in [2.75, 3.05) is 45.3 Å². The lowest BCUT2D eigenvalue weighted by molar-refractivity contribution is 0.0460. The van der Waals surface area contributed by atoms with Crippen LogP contribution in [0.15, 0.2) is 23.1 Å². The van der Waals surface area contributed by atoms with Crippen LogP contribution in [-0.2, 0) is 10.0 Å². The van der Waals surface area contributed by atoms with Gasteiger partial charge < -0.3 is 21.1 Å². The van der Waals surface area contributed by atoms with E-state index in [-0.39, 0.29) is 4.90 Å². The highest BCUT2D eigenvalue weighted by atomic mass is 32.2. The molecule has 0 spiro atoms. The molecule has 0 aliphatic rings. The number of rotatable bonds is 7. The molecule has 120 valence electrons. The SMILES string of the molecule is CNS(=O)(=O)c1ccc(NCC(C)(O)CN(C)C)c(N)c1. The van der Waals surface area contributed by atoms with Gasteiger partial charge in [0.2, 0.25) is 10.0 Å². The van der Waals surface area contributed by atoms with E-state index in [1.54, 1.807) is 13.0 Å². The molecule has 0 amide bonds. The Morgan fingerprint density at radius 2 is 2.00 bits per heavy atom. The third-order valence-electron chi connectivity index (χ3n) is 2.92. The van der Waals surface area contributed by atoms with E-state index in [0.29, 0.717) is 24.5 Å². The molecule has 0 aliphatic heterocycles. The summed E-state index contributed by atoms with van der Waals surface area (Å²) in [6, 6.07) is 4.44. The lowest BCUT2D eigenvalue weighted by Crippen LogP contribution is -2.43. The number of sulfonamides is 1. The number of hydrogen-bond donors (Lipinski definition) is 4. The third-order valence-corrected chi connectivity index (χ3v) is 4.33. The molecule has 5 N–H and O–H groups in total. The molecule has 7 nitrogen and oxygen atoms in total. The molecule has 0 aliphatic carbocycles. The van der Waals surface area contributed by atoms with Crippen molar-refractivity contribution in [2.45, 2.75) is 17.4 Å². The minimum Gasteiger partial charge on any atom is -0.397 e. The molecule has 0 saturated heterocycles. The predicted octanol–water partition coefficient (Wildman–Crippen LogP) is -0.0986. The first-order valence-electron chi connectivity index (χ1n) is 6.51. The van der Waals surface area contributed by atoms with Crippen molar-refractivity contribution in [2.24, 2.45) is 0 Å². The van der Waals surface area contributed by atoms with Crippen molar-refractivity contribution >= 4 is 21.4 Å². The summed E-state index contributed by atoms with van der Waals surface area (Å²) >= 11 is 0. The number of benzene rings is 1. The van der Waals surface area contributed by atoms with Crippen LogP contribution >= 0.6 is 0 Å². The Morgan fingerprint density at radius 3 is 2.48 bits per heavy atom. The summed E-state index contributed by atoms with van der Waals surface area (Å²) < 4.78 is 25.6. The van der Waals surface area contributed by atoms with Gasteiger partial charge in [-0.05, 0) is 46.3 Å². The maximum absolute atomic E-state index is 11.7. The van der Waals surface area contributed by atoms with Crippen LogP contribution in [0.3, 0.4) is 0 Å². The van der Waals surface area contributed by atoms with Crippen LogP contribution in [0.2, 0.25) is 0 Å². The van der Waals surface area contributed by atoms with Gasteiger partial charge in [-0.25, -0.2) is 13.1 Å². The molecule has 1 unspecified atom stereocenters. The highest BCUT2D eigenvalue weighted by molar-refractivity contribution is 7.89. The predicted molar refractivity (Wildman–Crippen MR) is 84.8 cm³/mol. The van der Waals surface area contributed by atoms with Crippen LogP contribution in [0.1, 0.15) is 6.92 Å². The fourth-order valence-electron chi connectivity index (χ4n) is 2.01. The quantitative estimate of drug-likeness (QED) is 0.523. The Hall–Kier alpha value is -1.35. The molecule has 0 saturated carbocycles. The Morgan fingerprint density at radius 1 is 1.38 bits per heavy atom. The van der Waals surface area contributed by atoms with E-state index < -0.39 is 15.6 Å².